The first-order valence-electron chi connectivity index (χ1n) is 7.16. The van der Waals surface area contributed by atoms with E-state index in [-0.39, 0.29) is 5.91 Å². The Morgan fingerprint density at radius 1 is 1.17 bits per heavy atom. The van der Waals surface area contributed by atoms with Gasteiger partial charge in [-0.15, -0.1) is 22.7 Å². The number of hydrogen-bond donors (Lipinski definition) is 1. The first-order chi connectivity index (χ1) is 11.6. The molecule has 0 aliphatic rings. The predicted molar refractivity (Wildman–Crippen MR) is 97.7 cm³/mol. The fraction of sp³-hybridized carbons (Fsp3) is 0.176. The molecule has 0 saturated heterocycles. The van der Waals surface area contributed by atoms with E-state index in [9.17, 15) is 4.79 Å². The third-order valence-corrected chi connectivity index (χ3v) is 5.15. The Morgan fingerprint density at radius 2 is 2.00 bits per heavy atom. The van der Waals surface area contributed by atoms with Gasteiger partial charge in [0.2, 0.25) is 0 Å². The minimum Gasteiger partial charge on any atom is -0.497 e. The Labute approximate surface area is 147 Å². The van der Waals surface area contributed by atoms with Crippen LogP contribution in [0.1, 0.15) is 15.2 Å². The van der Waals surface area contributed by atoms with Gasteiger partial charge in [-0.1, -0.05) is 0 Å². The van der Waals surface area contributed by atoms with Crippen molar-refractivity contribution in [2.24, 2.45) is 0 Å². The van der Waals surface area contributed by atoms with E-state index in [1.807, 2.05) is 11.4 Å². The molecule has 2 aromatic heterocycles. The maximum atomic E-state index is 12.5. The van der Waals surface area contributed by atoms with Gasteiger partial charge in [-0.05, 0) is 31.2 Å². The molecule has 0 atom stereocenters. The lowest BCUT2D eigenvalue weighted by atomic mass is 10.2. The molecule has 5 nitrogen and oxygen atoms in total. The van der Waals surface area contributed by atoms with E-state index in [2.05, 4.69) is 23.3 Å². The Morgan fingerprint density at radius 3 is 2.67 bits per heavy atom. The summed E-state index contributed by atoms with van der Waals surface area (Å²) >= 11 is 3.07. The zero-order valence-corrected chi connectivity index (χ0v) is 15.1. The summed E-state index contributed by atoms with van der Waals surface area (Å²) < 4.78 is 10.4. The van der Waals surface area contributed by atoms with Crippen LogP contribution in [0.25, 0.3) is 10.6 Å². The zero-order chi connectivity index (χ0) is 17.1. The van der Waals surface area contributed by atoms with Crippen molar-refractivity contribution in [1.29, 1.82) is 0 Å². The molecule has 0 spiro atoms. The van der Waals surface area contributed by atoms with Gasteiger partial charge in [0.15, 0.2) is 5.13 Å². The van der Waals surface area contributed by atoms with Gasteiger partial charge >= 0.3 is 0 Å². The molecule has 0 unspecified atom stereocenters. The standard InChI is InChI=1S/C17H16N2O3S2/c1-10-4-7-15(24-10)13-9-23-17(18-13)19-16(20)12-6-5-11(21-2)8-14(12)22-3/h4-9H,1-3H3,(H,18,19,20). The second kappa shape index (κ2) is 7.02. The second-order valence-corrected chi connectivity index (χ2v) is 7.11. The van der Waals surface area contributed by atoms with Crippen LogP contribution in [0.3, 0.4) is 0 Å². The normalized spacial score (nSPS) is 10.5. The van der Waals surface area contributed by atoms with E-state index >= 15 is 0 Å². The summed E-state index contributed by atoms with van der Waals surface area (Å²) in [4.78, 5) is 19.3. The van der Waals surface area contributed by atoms with Crippen molar-refractivity contribution in [2.45, 2.75) is 6.92 Å². The number of hydrogen-bond acceptors (Lipinski definition) is 6. The van der Waals surface area contributed by atoms with Gasteiger partial charge in [0.1, 0.15) is 11.5 Å². The fourth-order valence-corrected chi connectivity index (χ4v) is 3.78. The molecule has 2 heterocycles. The fourth-order valence-electron chi connectivity index (χ4n) is 2.17. The number of nitrogens with zero attached hydrogens (tertiary/aromatic N) is 1. The molecule has 1 amide bonds. The van der Waals surface area contributed by atoms with Crippen LogP contribution < -0.4 is 14.8 Å². The maximum absolute atomic E-state index is 12.5. The minimum absolute atomic E-state index is 0.266. The van der Waals surface area contributed by atoms with E-state index in [0.717, 1.165) is 10.6 Å². The number of thiophene rings is 1. The summed E-state index contributed by atoms with van der Waals surface area (Å²) in [6, 6.07) is 9.16. The van der Waals surface area contributed by atoms with Gasteiger partial charge in [0, 0.05) is 16.3 Å². The number of nitrogens with one attached hydrogen (secondary N) is 1. The molecule has 0 bridgehead atoms. The molecular formula is C17H16N2O3S2. The molecule has 0 radical (unpaired) electrons. The smallest absolute Gasteiger partial charge is 0.261 e. The number of amides is 1. The number of carbonyl (C=O) groups excluding carboxylic acids is 1. The topological polar surface area (TPSA) is 60.5 Å². The summed E-state index contributed by atoms with van der Waals surface area (Å²) in [5.41, 5.74) is 1.30. The number of aryl methyl sites for hydroxylation is 1. The molecule has 1 aromatic carbocycles. The molecule has 1 N–H and O–H groups in total. The van der Waals surface area contributed by atoms with Crippen molar-refractivity contribution >= 4 is 33.7 Å². The quantitative estimate of drug-likeness (QED) is 0.730. The van der Waals surface area contributed by atoms with Crippen LogP contribution in [-0.2, 0) is 0 Å². The highest BCUT2D eigenvalue weighted by Crippen LogP contribution is 2.31. The summed E-state index contributed by atoms with van der Waals surface area (Å²) in [6.45, 7) is 2.05. The number of ether oxygens (including phenoxy) is 2. The van der Waals surface area contributed by atoms with Gasteiger partial charge in [-0.25, -0.2) is 4.98 Å². The van der Waals surface area contributed by atoms with Gasteiger partial charge < -0.3 is 9.47 Å². The van der Waals surface area contributed by atoms with Crippen molar-refractivity contribution < 1.29 is 14.3 Å². The molecule has 3 aromatic rings. The van der Waals surface area contributed by atoms with Crippen molar-refractivity contribution in [2.75, 3.05) is 19.5 Å². The highest BCUT2D eigenvalue weighted by molar-refractivity contribution is 7.17. The molecule has 3 rings (SSSR count). The monoisotopic (exact) mass is 360 g/mol. The summed E-state index contributed by atoms with van der Waals surface area (Å²) in [6.07, 6.45) is 0. The lowest BCUT2D eigenvalue weighted by Gasteiger charge is -2.09. The lowest BCUT2D eigenvalue weighted by Crippen LogP contribution is -2.13. The first-order valence-corrected chi connectivity index (χ1v) is 8.86. The summed E-state index contributed by atoms with van der Waals surface area (Å²) in [5.74, 6) is 0.822. The Bertz CT molecular complexity index is 870. The molecule has 0 aliphatic carbocycles. The molecular weight excluding hydrogens is 344 g/mol. The van der Waals surface area contributed by atoms with Gasteiger partial charge in [-0.2, -0.15) is 0 Å². The van der Waals surface area contributed by atoms with E-state index in [1.54, 1.807) is 36.6 Å². The Kier molecular flexibility index (Phi) is 4.82. The highest BCUT2D eigenvalue weighted by atomic mass is 32.1. The zero-order valence-electron chi connectivity index (χ0n) is 13.5. The van der Waals surface area contributed by atoms with Gasteiger partial charge in [-0.3, -0.25) is 10.1 Å². The van der Waals surface area contributed by atoms with E-state index in [1.165, 1.54) is 23.3 Å². The Hall–Kier alpha value is -2.38. The van der Waals surface area contributed by atoms with E-state index < -0.39 is 0 Å². The summed E-state index contributed by atoms with van der Waals surface area (Å²) in [5, 5.41) is 5.31. The predicted octanol–water partition coefficient (Wildman–Crippen LogP) is 4.45. The van der Waals surface area contributed by atoms with Crippen molar-refractivity contribution in [3.05, 3.63) is 46.2 Å². The molecule has 7 heteroatoms. The van der Waals surface area contributed by atoms with Crippen LogP contribution in [0.5, 0.6) is 11.5 Å². The minimum atomic E-state index is -0.266. The average Bonchev–Trinajstić information content (AvgIpc) is 3.23. The molecule has 0 aliphatic heterocycles. The van der Waals surface area contributed by atoms with Crippen LogP contribution in [0, 0.1) is 6.92 Å². The van der Waals surface area contributed by atoms with Crippen molar-refractivity contribution in [3.63, 3.8) is 0 Å². The third-order valence-electron chi connectivity index (χ3n) is 3.37. The van der Waals surface area contributed by atoms with Crippen LogP contribution in [0.4, 0.5) is 5.13 Å². The summed E-state index contributed by atoms with van der Waals surface area (Å²) in [7, 11) is 3.09. The van der Waals surface area contributed by atoms with Gasteiger partial charge in [0.05, 0.1) is 30.4 Å². The van der Waals surface area contributed by atoms with Gasteiger partial charge in [0.25, 0.3) is 5.91 Å². The van der Waals surface area contributed by atoms with E-state index in [4.69, 9.17) is 9.47 Å². The van der Waals surface area contributed by atoms with Crippen LogP contribution in [0.15, 0.2) is 35.7 Å². The van der Waals surface area contributed by atoms with Crippen molar-refractivity contribution in [1.82, 2.24) is 4.98 Å². The Balaban J connectivity index is 1.79. The number of aromatic nitrogens is 1. The number of anilines is 1. The van der Waals surface area contributed by atoms with E-state index in [0.29, 0.717) is 22.2 Å². The number of carbonyl (C=O) groups is 1. The van der Waals surface area contributed by atoms with Crippen LogP contribution in [0.2, 0.25) is 0 Å². The number of benzene rings is 1. The molecule has 124 valence electrons. The average molecular weight is 360 g/mol. The number of rotatable bonds is 5. The lowest BCUT2D eigenvalue weighted by molar-refractivity contribution is 0.102. The number of methoxy groups -OCH3 is 2. The molecule has 24 heavy (non-hydrogen) atoms. The van der Waals surface area contributed by atoms with Crippen LogP contribution in [-0.4, -0.2) is 25.1 Å². The molecule has 0 saturated carbocycles. The van der Waals surface area contributed by atoms with Crippen molar-refractivity contribution in [3.8, 4) is 22.1 Å². The SMILES string of the molecule is COc1ccc(C(=O)Nc2nc(-c3ccc(C)s3)cs2)c(OC)c1. The number of thiazole rings is 1. The second-order valence-electron chi connectivity index (χ2n) is 4.97. The maximum Gasteiger partial charge on any atom is 0.261 e. The largest absolute Gasteiger partial charge is 0.497 e. The van der Waals surface area contributed by atoms with Crippen LogP contribution >= 0.6 is 22.7 Å². The first kappa shape index (κ1) is 16.5. The third kappa shape index (κ3) is 3.42. The highest BCUT2D eigenvalue weighted by Gasteiger charge is 2.15. The molecule has 0 fully saturated rings.